The van der Waals surface area contributed by atoms with Gasteiger partial charge in [-0.15, -0.1) is 11.3 Å². The average Bonchev–Trinajstić information content (AvgIpc) is 3.20. The summed E-state index contributed by atoms with van der Waals surface area (Å²) < 4.78 is 43.0. The van der Waals surface area contributed by atoms with Crippen LogP contribution in [0.3, 0.4) is 0 Å². The van der Waals surface area contributed by atoms with Crippen molar-refractivity contribution >= 4 is 28.3 Å². The van der Waals surface area contributed by atoms with Crippen molar-refractivity contribution in [3.63, 3.8) is 0 Å². The Kier molecular flexibility index (Phi) is 7.14. The number of nitrogens with one attached hydrogen (secondary N) is 2. The molecule has 10 heteroatoms. The molecule has 2 N–H and O–H groups in total. The molecule has 1 unspecified atom stereocenters. The highest BCUT2D eigenvalue weighted by molar-refractivity contribution is 7.14. The van der Waals surface area contributed by atoms with Gasteiger partial charge in [0.1, 0.15) is 5.75 Å². The molecule has 3 rings (SSSR count). The maximum atomic E-state index is 12.6. The van der Waals surface area contributed by atoms with Crippen molar-refractivity contribution in [1.29, 1.82) is 0 Å². The van der Waals surface area contributed by atoms with Gasteiger partial charge in [0, 0.05) is 17.9 Å². The van der Waals surface area contributed by atoms with E-state index in [0.717, 1.165) is 35.4 Å². The fourth-order valence-electron chi connectivity index (χ4n) is 2.84. The Hall–Kier alpha value is -3.40. The molecule has 0 saturated heterocycles. The third-order valence-electron chi connectivity index (χ3n) is 4.43. The smallest absolute Gasteiger partial charge is 0.416 e. The number of rotatable bonds is 7. The van der Waals surface area contributed by atoms with Crippen LogP contribution in [0.25, 0.3) is 11.3 Å². The van der Waals surface area contributed by atoms with E-state index in [-0.39, 0.29) is 24.3 Å². The number of carbonyl (C=O) groups excluding carboxylic acids is 2. The third kappa shape index (κ3) is 6.30. The molecule has 1 atom stereocenters. The number of ether oxygens (including phenoxy) is 1. The summed E-state index contributed by atoms with van der Waals surface area (Å²) in [6, 6.07) is 11.5. The number of hydrogen-bond acceptors (Lipinski definition) is 5. The van der Waals surface area contributed by atoms with E-state index in [1.165, 1.54) is 18.3 Å². The summed E-state index contributed by atoms with van der Waals surface area (Å²) in [5.41, 5.74) is 1.68. The molecule has 0 bridgehead atoms. The van der Waals surface area contributed by atoms with Gasteiger partial charge in [-0.3, -0.25) is 14.9 Å². The molecule has 2 amide bonds. The van der Waals surface area contributed by atoms with Crippen LogP contribution in [-0.2, 0) is 15.8 Å². The van der Waals surface area contributed by atoms with Crippen molar-refractivity contribution in [3.8, 4) is 17.0 Å². The van der Waals surface area contributed by atoms with Gasteiger partial charge in [-0.25, -0.2) is 4.98 Å². The van der Waals surface area contributed by atoms with Gasteiger partial charge in [-0.2, -0.15) is 13.2 Å². The highest BCUT2D eigenvalue weighted by atomic mass is 32.1. The quantitative estimate of drug-likeness (QED) is 0.514. The molecule has 0 aliphatic heterocycles. The van der Waals surface area contributed by atoms with Crippen LogP contribution in [0.5, 0.6) is 5.75 Å². The molecule has 168 valence electrons. The van der Waals surface area contributed by atoms with E-state index in [2.05, 4.69) is 15.6 Å². The summed E-state index contributed by atoms with van der Waals surface area (Å²) >= 11 is 1.24. The van der Waals surface area contributed by atoms with Crippen LogP contribution in [0.1, 0.15) is 31.0 Å². The van der Waals surface area contributed by atoms with Crippen LogP contribution in [0.2, 0.25) is 0 Å². The monoisotopic (exact) mass is 463 g/mol. The maximum Gasteiger partial charge on any atom is 0.416 e. The summed E-state index contributed by atoms with van der Waals surface area (Å²) in [5.74, 6) is -0.435. The molecule has 6 nitrogen and oxygen atoms in total. The van der Waals surface area contributed by atoms with Gasteiger partial charge in [0.05, 0.1) is 17.3 Å². The number of alkyl halides is 3. The number of benzene rings is 2. The zero-order valence-electron chi connectivity index (χ0n) is 17.2. The molecule has 3 aromatic rings. The van der Waals surface area contributed by atoms with Gasteiger partial charge in [0.25, 0.3) is 5.91 Å². The van der Waals surface area contributed by atoms with Crippen molar-refractivity contribution in [1.82, 2.24) is 10.3 Å². The Labute approximate surface area is 186 Å². The van der Waals surface area contributed by atoms with E-state index in [0.29, 0.717) is 10.8 Å². The second kappa shape index (κ2) is 9.82. The predicted molar refractivity (Wildman–Crippen MR) is 115 cm³/mol. The number of halogens is 3. The number of anilines is 1. The number of hydrogen-bond donors (Lipinski definition) is 2. The van der Waals surface area contributed by atoms with E-state index >= 15 is 0 Å². The SMILES string of the molecule is CC(=O)NC(C)c1ccc(-c2csc(NC(=O)COc3ccc(C(F)(F)F)cc3)n2)cc1. The third-order valence-corrected chi connectivity index (χ3v) is 5.19. The van der Waals surface area contributed by atoms with Gasteiger partial charge in [-0.1, -0.05) is 24.3 Å². The molecular formula is C22H20F3N3O3S. The summed E-state index contributed by atoms with van der Waals surface area (Å²) in [7, 11) is 0. The van der Waals surface area contributed by atoms with Crippen LogP contribution in [0.4, 0.5) is 18.3 Å². The lowest BCUT2D eigenvalue weighted by atomic mass is 10.1. The largest absolute Gasteiger partial charge is 0.484 e. The average molecular weight is 463 g/mol. The van der Waals surface area contributed by atoms with E-state index in [1.807, 2.05) is 31.2 Å². The zero-order valence-corrected chi connectivity index (χ0v) is 18.0. The van der Waals surface area contributed by atoms with Crippen LogP contribution < -0.4 is 15.4 Å². The summed E-state index contributed by atoms with van der Waals surface area (Å²) in [6.45, 7) is 2.99. The second-order valence-corrected chi connectivity index (χ2v) is 7.80. The first-order chi connectivity index (χ1) is 15.1. The van der Waals surface area contributed by atoms with Gasteiger partial charge in [0.15, 0.2) is 11.7 Å². The summed E-state index contributed by atoms with van der Waals surface area (Å²) in [5, 5.41) is 7.58. The lowest BCUT2D eigenvalue weighted by Crippen LogP contribution is -2.23. The Balaban J connectivity index is 1.54. The Morgan fingerprint density at radius 2 is 1.75 bits per heavy atom. The number of carbonyl (C=O) groups is 2. The van der Waals surface area contributed by atoms with Gasteiger partial charge in [0.2, 0.25) is 5.91 Å². The van der Waals surface area contributed by atoms with Crippen LogP contribution in [0.15, 0.2) is 53.9 Å². The van der Waals surface area contributed by atoms with Crippen molar-refractivity contribution in [2.45, 2.75) is 26.1 Å². The maximum absolute atomic E-state index is 12.6. The Morgan fingerprint density at radius 3 is 2.34 bits per heavy atom. The predicted octanol–water partition coefficient (Wildman–Crippen LogP) is 5.04. The summed E-state index contributed by atoms with van der Waals surface area (Å²) in [6.07, 6.45) is -4.43. The number of thiazole rings is 1. The molecular weight excluding hydrogens is 443 g/mol. The van der Waals surface area contributed by atoms with E-state index in [4.69, 9.17) is 4.74 Å². The molecule has 0 saturated carbocycles. The van der Waals surface area contributed by atoms with Crippen molar-refractivity contribution < 1.29 is 27.5 Å². The van der Waals surface area contributed by atoms with Crippen molar-refractivity contribution in [3.05, 3.63) is 65.0 Å². The minimum absolute atomic E-state index is 0.108. The standard InChI is InChI=1S/C22H20F3N3O3S/c1-13(26-14(2)29)15-3-5-16(6-4-15)19-12-32-21(27-19)28-20(30)11-31-18-9-7-17(8-10-18)22(23,24)25/h3-10,12-13H,11H2,1-2H3,(H,26,29)(H,27,28,30). The fourth-order valence-corrected chi connectivity index (χ4v) is 3.57. The minimum atomic E-state index is -4.43. The molecule has 0 radical (unpaired) electrons. The highest BCUT2D eigenvalue weighted by Crippen LogP contribution is 2.30. The van der Waals surface area contributed by atoms with Crippen LogP contribution >= 0.6 is 11.3 Å². The second-order valence-electron chi connectivity index (χ2n) is 6.94. The Bertz CT molecular complexity index is 1080. The first-order valence-corrected chi connectivity index (χ1v) is 10.4. The van der Waals surface area contributed by atoms with E-state index in [1.54, 1.807) is 5.38 Å². The minimum Gasteiger partial charge on any atom is -0.484 e. The number of nitrogens with zero attached hydrogens (tertiary/aromatic N) is 1. The molecule has 0 aliphatic carbocycles. The molecule has 2 aromatic carbocycles. The zero-order chi connectivity index (χ0) is 23.3. The lowest BCUT2D eigenvalue weighted by molar-refractivity contribution is -0.137. The normalized spacial score (nSPS) is 12.2. The molecule has 1 aromatic heterocycles. The fraction of sp³-hybridized carbons (Fsp3) is 0.227. The number of amides is 2. The Morgan fingerprint density at radius 1 is 1.09 bits per heavy atom. The van der Waals surface area contributed by atoms with Gasteiger partial charge < -0.3 is 10.1 Å². The topological polar surface area (TPSA) is 80.3 Å². The highest BCUT2D eigenvalue weighted by Gasteiger charge is 2.30. The number of aromatic nitrogens is 1. The van der Waals surface area contributed by atoms with E-state index < -0.39 is 17.6 Å². The van der Waals surface area contributed by atoms with Crippen LogP contribution in [-0.4, -0.2) is 23.4 Å². The lowest BCUT2D eigenvalue weighted by Gasteiger charge is -2.13. The van der Waals surface area contributed by atoms with Gasteiger partial charge in [-0.05, 0) is 36.8 Å². The van der Waals surface area contributed by atoms with Crippen molar-refractivity contribution in [2.24, 2.45) is 0 Å². The molecule has 0 spiro atoms. The molecule has 32 heavy (non-hydrogen) atoms. The van der Waals surface area contributed by atoms with E-state index in [9.17, 15) is 22.8 Å². The molecule has 1 heterocycles. The van der Waals surface area contributed by atoms with Crippen LogP contribution in [0, 0.1) is 0 Å². The van der Waals surface area contributed by atoms with Crippen molar-refractivity contribution in [2.75, 3.05) is 11.9 Å². The summed E-state index contributed by atoms with van der Waals surface area (Å²) in [4.78, 5) is 27.6. The first kappa shape index (κ1) is 23.3. The molecule has 0 aliphatic rings. The first-order valence-electron chi connectivity index (χ1n) is 9.54. The molecule has 0 fully saturated rings. The van der Waals surface area contributed by atoms with Gasteiger partial charge >= 0.3 is 6.18 Å².